The SMILES string of the molecule is CNc1nccnc1C[C@@H]1CCCN(C(=O)C2CCOCC2)C1. The van der Waals surface area contributed by atoms with E-state index in [0.717, 1.165) is 69.9 Å². The first-order valence-corrected chi connectivity index (χ1v) is 8.62. The second kappa shape index (κ2) is 7.73. The fraction of sp³-hybridized carbons (Fsp3) is 0.706. The fourth-order valence-corrected chi connectivity index (χ4v) is 3.63. The standard InChI is InChI=1S/C17H26N4O2/c1-18-16-15(19-6-7-20-16)11-13-3-2-8-21(12-13)17(22)14-4-9-23-10-5-14/h6-7,13-14H,2-5,8-12H2,1H3,(H,18,20)/t13-/m0/s1. The number of nitrogens with one attached hydrogen (secondary N) is 1. The number of carbonyl (C=O) groups excluding carboxylic acids is 1. The third kappa shape index (κ3) is 3.99. The Labute approximate surface area is 137 Å². The number of piperidine rings is 1. The molecule has 1 N–H and O–H groups in total. The Bertz CT molecular complexity index is 531. The number of ether oxygens (including phenoxy) is 1. The van der Waals surface area contributed by atoms with Crippen LogP contribution in [-0.2, 0) is 16.0 Å². The van der Waals surface area contributed by atoms with E-state index in [1.54, 1.807) is 12.4 Å². The van der Waals surface area contributed by atoms with Crippen LogP contribution < -0.4 is 5.32 Å². The molecule has 126 valence electrons. The summed E-state index contributed by atoms with van der Waals surface area (Å²) in [6.45, 7) is 3.18. The highest BCUT2D eigenvalue weighted by Gasteiger charge is 2.30. The third-order valence-corrected chi connectivity index (χ3v) is 4.89. The summed E-state index contributed by atoms with van der Waals surface area (Å²) in [7, 11) is 1.87. The normalized spacial score (nSPS) is 22.8. The molecule has 0 saturated carbocycles. The molecule has 3 heterocycles. The van der Waals surface area contributed by atoms with Gasteiger partial charge in [-0.1, -0.05) is 0 Å². The van der Waals surface area contributed by atoms with Gasteiger partial charge in [0, 0.05) is 51.7 Å². The van der Waals surface area contributed by atoms with Crippen molar-refractivity contribution < 1.29 is 9.53 Å². The lowest BCUT2D eigenvalue weighted by atomic mass is 9.91. The lowest BCUT2D eigenvalue weighted by Gasteiger charge is -2.36. The Morgan fingerprint density at radius 2 is 2.09 bits per heavy atom. The van der Waals surface area contributed by atoms with Gasteiger partial charge in [0.2, 0.25) is 5.91 Å². The summed E-state index contributed by atoms with van der Waals surface area (Å²) in [4.78, 5) is 23.6. The van der Waals surface area contributed by atoms with Crippen molar-refractivity contribution in [2.75, 3.05) is 38.7 Å². The van der Waals surface area contributed by atoms with Crippen LogP contribution in [0.15, 0.2) is 12.4 Å². The molecule has 0 aromatic carbocycles. The molecule has 2 aliphatic rings. The van der Waals surface area contributed by atoms with Crippen LogP contribution in [0.5, 0.6) is 0 Å². The monoisotopic (exact) mass is 318 g/mol. The maximum absolute atomic E-state index is 12.7. The fourth-order valence-electron chi connectivity index (χ4n) is 3.63. The van der Waals surface area contributed by atoms with Gasteiger partial charge in [0.1, 0.15) is 5.82 Å². The van der Waals surface area contributed by atoms with Crippen LogP contribution in [0.4, 0.5) is 5.82 Å². The lowest BCUT2D eigenvalue weighted by molar-refractivity contribution is -0.140. The van der Waals surface area contributed by atoms with Crippen LogP contribution in [-0.4, -0.2) is 54.1 Å². The van der Waals surface area contributed by atoms with Crippen molar-refractivity contribution in [3.05, 3.63) is 18.1 Å². The van der Waals surface area contributed by atoms with E-state index < -0.39 is 0 Å². The van der Waals surface area contributed by atoms with E-state index >= 15 is 0 Å². The highest BCUT2D eigenvalue weighted by molar-refractivity contribution is 5.79. The van der Waals surface area contributed by atoms with E-state index in [-0.39, 0.29) is 5.92 Å². The largest absolute Gasteiger partial charge is 0.381 e. The molecule has 2 aliphatic heterocycles. The number of likely N-dealkylation sites (tertiary alicyclic amines) is 1. The lowest BCUT2D eigenvalue weighted by Crippen LogP contribution is -2.44. The first-order chi connectivity index (χ1) is 11.3. The molecule has 1 aromatic rings. The Hall–Kier alpha value is -1.69. The number of hydrogen-bond acceptors (Lipinski definition) is 5. The van der Waals surface area contributed by atoms with Gasteiger partial charge in [-0.15, -0.1) is 0 Å². The molecule has 3 rings (SSSR count). The van der Waals surface area contributed by atoms with Crippen molar-refractivity contribution in [3.63, 3.8) is 0 Å². The number of aromatic nitrogens is 2. The summed E-state index contributed by atoms with van der Waals surface area (Å²) >= 11 is 0. The molecule has 0 aliphatic carbocycles. The number of nitrogens with zero attached hydrogens (tertiary/aromatic N) is 3. The number of anilines is 1. The summed E-state index contributed by atoms with van der Waals surface area (Å²) in [6.07, 6.45) is 8.29. The average molecular weight is 318 g/mol. The second-order valence-corrected chi connectivity index (χ2v) is 6.48. The smallest absolute Gasteiger partial charge is 0.225 e. The summed E-state index contributed by atoms with van der Waals surface area (Å²) in [5.41, 5.74) is 1.00. The molecule has 0 bridgehead atoms. The van der Waals surface area contributed by atoms with Crippen molar-refractivity contribution >= 4 is 11.7 Å². The minimum absolute atomic E-state index is 0.159. The predicted molar refractivity (Wildman–Crippen MR) is 88.1 cm³/mol. The minimum atomic E-state index is 0.159. The van der Waals surface area contributed by atoms with Gasteiger partial charge >= 0.3 is 0 Å². The Morgan fingerprint density at radius 1 is 1.30 bits per heavy atom. The summed E-state index contributed by atoms with van der Waals surface area (Å²) < 4.78 is 5.37. The molecule has 1 amide bonds. The van der Waals surface area contributed by atoms with E-state index in [9.17, 15) is 4.79 Å². The highest BCUT2D eigenvalue weighted by Crippen LogP contribution is 2.25. The van der Waals surface area contributed by atoms with Crippen molar-refractivity contribution in [2.45, 2.75) is 32.1 Å². The number of carbonyl (C=O) groups is 1. The molecule has 2 saturated heterocycles. The van der Waals surface area contributed by atoms with Gasteiger partial charge in [-0.2, -0.15) is 0 Å². The third-order valence-electron chi connectivity index (χ3n) is 4.89. The van der Waals surface area contributed by atoms with Crippen LogP contribution in [0.1, 0.15) is 31.4 Å². The number of hydrogen-bond donors (Lipinski definition) is 1. The van der Waals surface area contributed by atoms with Crippen LogP contribution in [0, 0.1) is 11.8 Å². The zero-order valence-electron chi connectivity index (χ0n) is 13.8. The van der Waals surface area contributed by atoms with Crippen molar-refractivity contribution in [2.24, 2.45) is 11.8 Å². The van der Waals surface area contributed by atoms with Crippen molar-refractivity contribution in [1.29, 1.82) is 0 Å². The maximum Gasteiger partial charge on any atom is 0.225 e. The van der Waals surface area contributed by atoms with Gasteiger partial charge < -0.3 is 15.0 Å². The van der Waals surface area contributed by atoms with Gasteiger partial charge in [-0.05, 0) is 38.0 Å². The minimum Gasteiger partial charge on any atom is -0.381 e. The quantitative estimate of drug-likeness (QED) is 0.916. The summed E-state index contributed by atoms with van der Waals surface area (Å²) in [6, 6.07) is 0. The van der Waals surface area contributed by atoms with E-state index in [0.29, 0.717) is 11.8 Å². The van der Waals surface area contributed by atoms with Gasteiger partial charge in [-0.25, -0.2) is 4.98 Å². The Morgan fingerprint density at radius 3 is 2.87 bits per heavy atom. The molecule has 23 heavy (non-hydrogen) atoms. The average Bonchev–Trinajstić information content (AvgIpc) is 2.62. The van der Waals surface area contributed by atoms with Gasteiger partial charge in [0.15, 0.2) is 0 Å². The van der Waals surface area contributed by atoms with Crippen LogP contribution in [0.2, 0.25) is 0 Å². The van der Waals surface area contributed by atoms with Crippen molar-refractivity contribution in [1.82, 2.24) is 14.9 Å². The molecular formula is C17H26N4O2. The van der Waals surface area contributed by atoms with Crippen LogP contribution in [0.25, 0.3) is 0 Å². The molecule has 1 aromatic heterocycles. The van der Waals surface area contributed by atoms with E-state index in [1.807, 2.05) is 7.05 Å². The molecule has 1 atom stereocenters. The summed E-state index contributed by atoms with van der Waals surface area (Å²) in [5.74, 6) is 1.80. The van der Waals surface area contributed by atoms with Crippen LogP contribution in [0.3, 0.4) is 0 Å². The predicted octanol–water partition coefficient (Wildman–Crippen LogP) is 1.73. The zero-order valence-corrected chi connectivity index (χ0v) is 13.8. The Balaban J connectivity index is 1.60. The summed E-state index contributed by atoms with van der Waals surface area (Å²) in [5, 5.41) is 3.10. The number of amides is 1. The topological polar surface area (TPSA) is 67.4 Å². The van der Waals surface area contributed by atoms with Gasteiger partial charge in [0.25, 0.3) is 0 Å². The molecule has 2 fully saturated rings. The molecule has 0 unspecified atom stereocenters. The van der Waals surface area contributed by atoms with E-state index in [2.05, 4.69) is 20.2 Å². The molecular weight excluding hydrogens is 292 g/mol. The Kier molecular flexibility index (Phi) is 5.43. The van der Waals surface area contributed by atoms with Gasteiger partial charge in [0.05, 0.1) is 5.69 Å². The zero-order chi connectivity index (χ0) is 16.1. The van der Waals surface area contributed by atoms with Crippen LogP contribution >= 0.6 is 0 Å². The highest BCUT2D eigenvalue weighted by atomic mass is 16.5. The van der Waals surface area contributed by atoms with E-state index in [1.165, 1.54) is 0 Å². The molecule has 6 nitrogen and oxygen atoms in total. The maximum atomic E-state index is 12.7. The first-order valence-electron chi connectivity index (χ1n) is 8.62. The number of rotatable bonds is 4. The molecule has 6 heteroatoms. The van der Waals surface area contributed by atoms with Crippen molar-refractivity contribution in [3.8, 4) is 0 Å². The molecule has 0 radical (unpaired) electrons. The molecule has 0 spiro atoms. The second-order valence-electron chi connectivity index (χ2n) is 6.48. The van der Waals surface area contributed by atoms with E-state index in [4.69, 9.17) is 4.74 Å². The first kappa shape index (κ1) is 16.2. The van der Waals surface area contributed by atoms with Gasteiger partial charge in [-0.3, -0.25) is 9.78 Å².